The molecule has 0 saturated carbocycles. The Labute approximate surface area is 134 Å². The first-order chi connectivity index (χ1) is 11.0. The predicted molar refractivity (Wildman–Crippen MR) is 86.8 cm³/mol. The monoisotopic (exact) mass is 322 g/mol. The standard InChI is InChI=1S/C15H22N4O4/c1-16-14(20)10-18-8-6-11(7-9-18)17-12-4-3-5-13(23-2)15(12)19(21)22/h3-5,11,17H,6-10H2,1-2H3,(H,16,20). The normalized spacial score (nSPS) is 15.9. The molecule has 1 heterocycles. The quantitative estimate of drug-likeness (QED) is 0.604. The van der Waals surface area contributed by atoms with Crippen LogP contribution in [0.15, 0.2) is 18.2 Å². The van der Waals surface area contributed by atoms with Gasteiger partial charge >= 0.3 is 5.69 Å². The van der Waals surface area contributed by atoms with Crippen LogP contribution in [0.1, 0.15) is 12.8 Å². The van der Waals surface area contributed by atoms with Gasteiger partial charge in [0.25, 0.3) is 0 Å². The van der Waals surface area contributed by atoms with Crippen molar-refractivity contribution in [3.05, 3.63) is 28.3 Å². The summed E-state index contributed by atoms with van der Waals surface area (Å²) in [7, 11) is 3.04. The van der Waals surface area contributed by atoms with E-state index in [9.17, 15) is 14.9 Å². The van der Waals surface area contributed by atoms with Crippen molar-refractivity contribution in [1.29, 1.82) is 0 Å². The number of para-hydroxylation sites is 1. The number of likely N-dealkylation sites (tertiary alicyclic amines) is 1. The van der Waals surface area contributed by atoms with Crippen molar-refractivity contribution < 1.29 is 14.5 Å². The molecule has 8 heteroatoms. The van der Waals surface area contributed by atoms with Gasteiger partial charge in [0.15, 0.2) is 5.75 Å². The fourth-order valence-electron chi connectivity index (χ4n) is 2.73. The van der Waals surface area contributed by atoms with Crippen LogP contribution in [-0.4, -0.2) is 55.6 Å². The molecule has 1 amide bonds. The highest BCUT2D eigenvalue weighted by atomic mass is 16.6. The lowest BCUT2D eigenvalue weighted by Crippen LogP contribution is -2.43. The molecule has 0 spiro atoms. The minimum atomic E-state index is -0.429. The Morgan fingerprint density at radius 1 is 1.43 bits per heavy atom. The second-order valence-corrected chi connectivity index (χ2v) is 5.48. The summed E-state index contributed by atoms with van der Waals surface area (Å²) in [6, 6.07) is 5.14. The number of carbonyl (C=O) groups excluding carboxylic acids is 1. The number of hydrogen-bond acceptors (Lipinski definition) is 6. The molecule has 126 valence electrons. The van der Waals surface area contributed by atoms with Crippen LogP contribution in [0.4, 0.5) is 11.4 Å². The molecule has 0 aromatic heterocycles. The number of benzene rings is 1. The van der Waals surface area contributed by atoms with Gasteiger partial charge in [-0.15, -0.1) is 0 Å². The Morgan fingerprint density at radius 3 is 2.70 bits per heavy atom. The number of hydrogen-bond donors (Lipinski definition) is 2. The molecule has 0 bridgehead atoms. The molecule has 0 unspecified atom stereocenters. The SMILES string of the molecule is CNC(=O)CN1CCC(Nc2cccc(OC)c2[N+](=O)[O-])CC1. The molecule has 23 heavy (non-hydrogen) atoms. The van der Waals surface area contributed by atoms with Gasteiger partial charge in [-0.1, -0.05) is 6.07 Å². The molecule has 0 aliphatic carbocycles. The van der Waals surface area contributed by atoms with E-state index in [0.29, 0.717) is 12.2 Å². The summed E-state index contributed by atoms with van der Waals surface area (Å²) in [5.41, 5.74) is 0.432. The maximum atomic E-state index is 11.4. The van der Waals surface area contributed by atoms with Crippen LogP contribution >= 0.6 is 0 Å². The number of methoxy groups -OCH3 is 1. The van der Waals surface area contributed by atoms with Crippen molar-refractivity contribution in [3.8, 4) is 5.75 Å². The molecule has 1 aromatic rings. The van der Waals surface area contributed by atoms with Crippen LogP contribution in [0.2, 0.25) is 0 Å². The molecule has 1 fully saturated rings. The van der Waals surface area contributed by atoms with Gasteiger partial charge in [-0.2, -0.15) is 0 Å². The van der Waals surface area contributed by atoms with E-state index in [1.54, 1.807) is 25.2 Å². The Hall–Kier alpha value is -2.35. The fourth-order valence-corrected chi connectivity index (χ4v) is 2.73. The Balaban J connectivity index is 1.99. The Morgan fingerprint density at radius 2 is 2.13 bits per heavy atom. The smallest absolute Gasteiger partial charge is 0.333 e. The summed E-state index contributed by atoms with van der Waals surface area (Å²) in [5.74, 6) is 0.247. The summed E-state index contributed by atoms with van der Waals surface area (Å²) in [6.45, 7) is 1.95. The second-order valence-electron chi connectivity index (χ2n) is 5.48. The van der Waals surface area contributed by atoms with E-state index in [2.05, 4.69) is 15.5 Å². The number of nitrogens with one attached hydrogen (secondary N) is 2. The van der Waals surface area contributed by atoms with Crippen molar-refractivity contribution in [2.45, 2.75) is 18.9 Å². The van der Waals surface area contributed by atoms with Gasteiger partial charge in [-0.3, -0.25) is 19.8 Å². The molecule has 2 N–H and O–H groups in total. The highest BCUT2D eigenvalue weighted by Crippen LogP contribution is 2.35. The molecule has 1 saturated heterocycles. The van der Waals surface area contributed by atoms with Crippen LogP contribution in [0.25, 0.3) is 0 Å². The van der Waals surface area contributed by atoms with Crippen molar-refractivity contribution in [3.63, 3.8) is 0 Å². The average molecular weight is 322 g/mol. The predicted octanol–water partition coefficient (Wildman–Crippen LogP) is 1.23. The second kappa shape index (κ2) is 7.77. The zero-order chi connectivity index (χ0) is 16.8. The van der Waals surface area contributed by atoms with Crippen molar-refractivity contribution in [2.24, 2.45) is 0 Å². The third kappa shape index (κ3) is 4.32. The number of likely N-dealkylation sites (N-methyl/N-ethyl adjacent to an activating group) is 1. The van der Waals surface area contributed by atoms with E-state index < -0.39 is 4.92 Å². The van der Waals surface area contributed by atoms with Gasteiger partial charge < -0.3 is 15.4 Å². The van der Waals surface area contributed by atoms with Crippen LogP contribution in [0.5, 0.6) is 5.75 Å². The molecule has 1 aliphatic heterocycles. The zero-order valence-corrected chi connectivity index (χ0v) is 13.4. The molecule has 1 aromatic carbocycles. The molecule has 8 nitrogen and oxygen atoms in total. The number of carbonyl (C=O) groups is 1. The molecular weight excluding hydrogens is 300 g/mol. The number of nitro benzene ring substituents is 1. The third-order valence-electron chi connectivity index (χ3n) is 3.99. The molecule has 1 aliphatic rings. The van der Waals surface area contributed by atoms with E-state index in [1.807, 2.05) is 0 Å². The summed E-state index contributed by atoms with van der Waals surface area (Å²) in [6.07, 6.45) is 1.65. The number of nitrogens with zero attached hydrogens (tertiary/aromatic N) is 2. The molecule has 2 rings (SSSR count). The minimum absolute atomic E-state index is 0.000146. The van der Waals surface area contributed by atoms with Gasteiger partial charge in [-0.25, -0.2) is 0 Å². The van der Waals surface area contributed by atoms with E-state index in [4.69, 9.17) is 4.74 Å². The zero-order valence-electron chi connectivity index (χ0n) is 13.4. The lowest BCUT2D eigenvalue weighted by molar-refractivity contribution is -0.384. The number of piperidine rings is 1. The molecular formula is C15H22N4O4. The van der Waals surface area contributed by atoms with Crippen molar-refractivity contribution >= 4 is 17.3 Å². The Kier molecular flexibility index (Phi) is 5.75. The van der Waals surface area contributed by atoms with E-state index in [-0.39, 0.29) is 23.4 Å². The summed E-state index contributed by atoms with van der Waals surface area (Å²) in [5, 5.41) is 17.1. The van der Waals surface area contributed by atoms with Crippen LogP contribution in [0.3, 0.4) is 0 Å². The van der Waals surface area contributed by atoms with Crippen LogP contribution in [-0.2, 0) is 4.79 Å². The minimum Gasteiger partial charge on any atom is -0.490 e. The van der Waals surface area contributed by atoms with E-state index >= 15 is 0 Å². The lowest BCUT2D eigenvalue weighted by Gasteiger charge is -2.32. The van der Waals surface area contributed by atoms with Gasteiger partial charge in [0.1, 0.15) is 5.69 Å². The van der Waals surface area contributed by atoms with Crippen LogP contribution < -0.4 is 15.4 Å². The largest absolute Gasteiger partial charge is 0.490 e. The topological polar surface area (TPSA) is 96.7 Å². The highest BCUT2D eigenvalue weighted by Gasteiger charge is 2.25. The number of nitro groups is 1. The fraction of sp³-hybridized carbons (Fsp3) is 0.533. The highest BCUT2D eigenvalue weighted by molar-refractivity contribution is 5.77. The van der Waals surface area contributed by atoms with E-state index in [0.717, 1.165) is 25.9 Å². The van der Waals surface area contributed by atoms with Gasteiger partial charge in [0.05, 0.1) is 18.6 Å². The number of ether oxygens (including phenoxy) is 1. The summed E-state index contributed by atoms with van der Waals surface area (Å²) < 4.78 is 5.08. The van der Waals surface area contributed by atoms with Gasteiger partial charge in [0, 0.05) is 26.2 Å². The number of amides is 1. The lowest BCUT2D eigenvalue weighted by atomic mass is 10.0. The van der Waals surface area contributed by atoms with Crippen LogP contribution in [0, 0.1) is 10.1 Å². The summed E-state index contributed by atoms with van der Waals surface area (Å²) >= 11 is 0. The first kappa shape index (κ1) is 17.0. The van der Waals surface area contributed by atoms with Gasteiger partial charge in [-0.05, 0) is 25.0 Å². The third-order valence-corrected chi connectivity index (χ3v) is 3.99. The first-order valence-corrected chi connectivity index (χ1v) is 7.56. The summed E-state index contributed by atoms with van der Waals surface area (Å²) in [4.78, 5) is 24.3. The van der Waals surface area contributed by atoms with Gasteiger partial charge in [0.2, 0.25) is 5.91 Å². The first-order valence-electron chi connectivity index (χ1n) is 7.56. The maximum Gasteiger partial charge on any atom is 0.333 e. The molecule has 0 atom stereocenters. The number of rotatable bonds is 6. The number of anilines is 1. The van der Waals surface area contributed by atoms with Crippen molar-refractivity contribution in [1.82, 2.24) is 10.2 Å². The molecule has 0 radical (unpaired) electrons. The average Bonchev–Trinajstić information content (AvgIpc) is 2.56. The van der Waals surface area contributed by atoms with Crippen molar-refractivity contribution in [2.75, 3.05) is 39.1 Å². The van der Waals surface area contributed by atoms with E-state index in [1.165, 1.54) is 7.11 Å². The maximum absolute atomic E-state index is 11.4. The Bertz CT molecular complexity index is 571.